The van der Waals surface area contributed by atoms with Crippen molar-refractivity contribution in [1.82, 2.24) is 5.32 Å². The summed E-state index contributed by atoms with van der Waals surface area (Å²) in [4.78, 5) is 23.5. The summed E-state index contributed by atoms with van der Waals surface area (Å²) in [6, 6.07) is 9.60. The van der Waals surface area contributed by atoms with Crippen LogP contribution in [0.25, 0.3) is 0 Å². The highest BCUT2D eigenvalue weighted by atomic mass is 35.5. The predicted octanol–water partition coefficient (Wildman–Crippen LogP) is 1.85. The van der Waals surface area contributed by atoms with Crippen molar-refractivity contribution in [3.05, 3.63) is 35.9 Å². The molecule has 1 aliphatic carbocycles. The quantitative estimate of drug-likeness (QED) is 0.705. The molecule has 1 saturated heterocycles. The van der Waals surface area contributed by atoms with Crippen molar-refractivity contribution in [1.29, 1.82) is 0 Å². The van der Waals surface area contributed by atoms with Crippen molar-refractivity contribution in [2.75, 3.05) is 19.8 Å². The summed E-state index contributed by atoms with van der Waals surface area (Å²) in [5, 5.41) is 3.30. The van der Waals surface area contributed by atoms with Crippen LogP contribution in [0.3, 0.4) is 0 Å². The number of esters is 2. The van der Waals surface area contributed by atoms with Crippen LogP contribution in [0.15, 0.2) is 30.3 Å². The molecule has 138 valence electrons. The fraction of sp³-hybridized carbons (Fsp3) is 0.556. The molecular weight excluding hydrogens is 346 g/mol. The van der Waals surface area contributed by atoms with E-state index < -0.39 is 0 Å². The number of piperidine rings is 1. The van der Waals surface area contributed by atoms with Gasteiger partial charge in [0.05, 0.1) is 13.2 Å². The van der Waals surface area contributed by atoms with Gasteiger partial charge >= 0.3 is 11.9 Å². The van der Waals surface area contributed by atoms with E-state index in [0.717, 1.165) is 12.0 Å². The lowest BCUT2D eigenvalue weighted by atomic mass is 10.0. The van der Waals surface area contributed by atoms with Gasteiger partial charge in [0.2, 0.25) is 0 Å². The Labute approximate surface area is 153 Å². The molecule has 0 spiro atoms. The topological polar surface area (TPSA) is 73.9 Å². The third-order valence-corrected chi connectivity index (χ3v) is 4.63. The van der Waals surface area contributed by atoms with Crippen molar-refractivity contribution in [2.45, 2.75) is 38.5 Å². The van der Waals surface area contributed by atoms with E-state index in [9.17, 15) is 9.59 Å². The lowest BCUT2D eigenvalue weighted by Gasteiger charge is -2.15. The highest BCUT2D eigenvalue weighted by molar-refractivity contribution is 5.85. The highest BCUT2D eigenvalue weighted by Crippen LogP contribution is 2.54. The fourth-order valence-electron chi connectivity index (χ4n) is 3.26. The summed E-state index contributed by atoms with van der Waals surface area (Å²) in [5.74, 6) is -0.577. The molecule has 1 saturated carbocycles. The van der Waals surface area contributed by atoms with Crippen molar-refractivity contribution < 1.29 is 23.8 Å². The zero-order chi connectivity index (χ0) is 17.0. The molecule has 3 rings (SSSR count). The molecule has 2 aliphatic rings. The Balaban J connectivity index is 0.00000225. The van der Waals surface area contributed by atoms with Crippen molar-refractivity contribution in [3.63, 3.8) is 0 Å². The summed E-state index contributed by atoms with van der Waals surface area (Å²) in [5.41, 5.74) is 0.935. The first-order valence-electron chi connectivity index (χ1n) is 8.33. The van der Waals surface area contributed by atoms with Crippen molar-refractivity contribution in [2.24, 2.45) is 5.41 Å². The Morgan fingerprint density at radius 3 is 2.68 bits per heavy atom. The van der Waals surface area contributed by atoms with E-state index in [1.165, 1.54) is 0 Å². The first-order valence-corrected chi connectivity index (χ1v) is 8.33. The Morgan fingerprint density at radius 1 is 1.20 bits per heavy atom. The van der Waals surface area contributed by atoms with E-state index in [1.54, 1.807) is 6.92 Å². The predicted molar refractivity (Wildman–Crippen MR) is 93.3 cm³/mol. The summed E-state index contributed by atoms with van der Waals surface area (Å²) >= 11 is 0. The minimum Gasteiger partial charge on any atom is -0.464 e. The van der Waals surface area contributed by atoms with E-state index in [2.05, 4.69) is 5.32 Å². The van der Waals surface area contributed by atoms with Gasteiger partial charge in [-0.1, -0.05) is 30.3 Å². The molecule has 0 amide bonds. The molecule has 1 heterocycles. The molecule has 1 aromatic carbocycles. The number of fused-ring (bicyclic) bond motifs is 1. The number of carbonyl (C=O) groups is 2. The maximum atomic E-state index is 12.2. The van der Waals surface area contributed by atoms with Crippen LogP contribution in [0.4, 0.5) is 0 Å². The molecule has 1 aliphatic heterocycles. The van der Waals surface area contributed by atoms with Crippen molar-refractivity contribution >= 4 is 24.3 Å². The summed E-state index contributed by atoms with van der Waals surface area (Å²) in [7, 11) is 0. The van der Waals surface area contributed by atoms with E-state index in [-0.39, 0.29) is 55.1 Å². The molecule has 0 radical (unpaired) electrons. The van der Waals surface area contributed by atoms with E-state index >= 15 is 0 Å². The molecular formula is C18H24ClNO5. The van der Waals surface area contributed by atoms with Crippen molar-refractivity contribution in [3.8, 4) is 0 Å². The molecule has 6 nitrogen and oxygen atoms in total. The van der Waals surface area contributed by atoms with Gasteiger partial charge in [0.25, 0.3) is 0 Å². The summed E-state index contributed by atoms with van der Waals surface area (Å²) in [6.45, 7) is 2.83. The Morgan fingerprint density at radius 2 is 1.96 bits per heavy atom. The molecule has 0 bridgehead atoms. The highest BCUT2D eigenvalue weighted by Gasteiger charge is 2.62. The van der Waals surface area contributed by atoms with Crippen LogP contribution in [0.1, 0.15) is 25.3 Å². The first-order chi connectivity index (χ1) is 11.6. The molecule has 7 heteroatoms. The van der Waals surface area contributed by atoms with Crippen LogP contribution < -0.4 is 5.32 Å². The van der Waals surface area contributed by atoms with E-state index in [0.29, 0.717) is 19.6 Å². The smallest absolute Gasteiger partial charge is 0.332 e. The van der Waals surface area contributed by atoms with Gasteiger partial charge in [-0.15, -0.1) is 12.4 Å². The maximum absolute atomic E-state index is 12.2. The molecule has 0 unspecified atom stereocenters. The van der Waals surface area contributed by atoms with Crippen LogP contribution in [0.5, 0.6) is 0 Å². The Bertz CT molecular complexity index is 596. The minimum atomic E-state index is -0.351. The molecule has 3 atom stereocenters. The van der Waals surface area contributed by atoms with Gasteiger partial charge in [-0.25, -0.2) is 4.79 Å². The third kappa shape index (κ3) is 4.93. The zero-order valence-electron chi connectivity index (χ0n) is 14.2. The van der Waals surface area contributed by atoms with Crippen LogP contribution in [-0.4, -0.2) is 43.8 Å². The number of ether oxygens (including phenoxy) is 3. The largest absolute Gasteiger partial charge is 0.464 e. The number of hydrogen-bond donors (Lipinski definition) is 1. The number of halogens is 1. The minimum absolute atomic E-state index is 0. The number of benzene rings is 1. The standard InChI is InChI=1S/C18H23NO5.ClH/c1-2-23-16(20)11-22-12-18-8-14(19-15(18)9-18)17(21)24-10-13-6-4-3-5-7-13;/h3-7,14-15,19H,2,8-12H2,1H3;1H/t14-,15-,18+;/m0./s1. The number of rotatable bonds is 8. The lowest BCUT2D eigenvalue weighted by Crippen LogP contribution is -2.35. The lowest BCUT2D eigenvalue weighted by molar-refractivity contribution is -0.150. The summed E-state index contributed by atoms with van der Waals surface area (Å²) < 4.78 is 15.7. The maximum Gasteiger partial charge on any atom is 0.332 e. The molecule has 1 aromatic rings. The number of hydrogen-bond acceptors (Lipinski definition) is 6. The third-order valence-electron chi connectivity index (χ3n) is 4.63. The Kier molecular flexibility index (Phi) is 6.81. The average molecular weight is 370 g/mol. The molecule has 2 fully saturated rings. The normalized spacial score (nSPS) is 26.3. The van der Waals surface area contributed by atoms with Crippen LogP contribution in [-0.2, 0) is 30.4 Å². The van der Waals surface area contributed by atoms with Crippen LogP contribution >= 0.6 is 12.4 Å². The van der Waals surface area contributed by atoms with Gasteiger partial charge in [-0.3, -0.25) is 4.79 Å². The average Bonchev–Trinajstić information content (AvgIpc) is 3.13. The van der Waals surface area contributed by atoms with Gasteiger partial charge in [0.15, 0.2) is 0 Å². The van der Waals surface area contributed by atoms with Crippen LogP contribution in [0.2, 0.25) is 0 Å². The van der Waals surface area contributed by atoms with Gasteiger partial charge < -0.3 is 19.5 Å². The van der Waals surface area contributed by atoms with Gasteiger partial charge in [-0.05, 0) is 25.3 Å². The second kappa shape index (κ2) is 8.65. The summed E-state index contributed by atoms with van der Waals surface area (Å²) in [6.07, 6.45) is 1.66. The van der Waals surface area contributed by atoms with Gasteiger partial charge in [-0.2, -0.15) is 0 Å². The first kappa shape index (κ1) is 19.7. The Hall–Kier alpha value is -1.63. The molecule has 1 N–H and O–H groups in total. The zero-order valence-corrected chi connectivity index (χ0v) is 15.1. The molecule has 25 heavy (non-hydrogen) atoms. The number of nitrogens with one attached hydrogen (secondary N) is 1. The monoisotopic (exact) mass is 369 g/mol. The van der Waals surface area contributed by atoms with E-state index in [4.69, 9.17) is 14.2 Å². The van der Waals surface area contributed by atoms with E-state index in [1.807, 2.05) is 30.3 Å². The van der Waals surface area contributed by atoms with Gasteiger partial charge in [0.1, 0.15) is 19.3 Å². The van der Waals surface area contributed by atoms with Crippen LogP contribution in [0, 0.1) is 5.41 Å². The second-order valence-corrected chi connectivity index (χ2v) is 6.43. The second-order valence-electron chi connectivity index (χ2n) is 6.43. The van der Waals surface area contributed by atoms with Gasteiger partial charge in [0, 0.05) is 11.5 Å². The SMILES string of the molecule is CCOC(=O)COC[C@]12C[C@@H](C(=O)OCc3ccccc3)N[C@H]1C2.Cl. The number of carbonyl (C=O) groups excluding carboxylic acids is 2. The molecule has 0 aromatic heterocycles. The fourth-order valence-corrected chi connectivity index (χ4v) is 3.26.